The van der Waals surface area contributed by atoms with Gasteiger partial charge in [0, 0.05) is 49.8 Å². The van der Waals surface area contributed by atoms with E-state index in [9.17, 15) is 0 Å². The van der Waals surface area contributed by atoms with Crippen LogP contribution in [0.4, 0.5) is 5.82 Å². The number of piperazine rings is 1. The molecule has 2 aromatic heterocycles. The highest BCUT2D eigenvalue weighted by Crippen LogP contribution is 2.34. The fourth-order valence-corrected chi connectivity index (χ4v) is 3.78. The maximum absolute atomic E-state index is 4.50. The number of benzene rings is 1. The summed E-state index contributed by atoms with van der Waals surface area (Å²) in [5.74, 6) is 0.945. The first kappa shape index (κ1) is 19.3. The van der Waals surface area contributed by atoms with E-state index in [-0.39, 0.29) is 18.4 Å². The van der Waals surface area contributed by atoms with Crippen molar-refractivity contribution in [3.8, 4) is 0 Å². The maximum Gasteiger partial charge on any atom is 0.147 e. The van der Waals surface area contributed by atoms with Gasteiger partial charge in [0.05, 0.1) is 18.4 Å². The number of nitrogens with one attached hydrogen (secondary N) is 1. The number of nitrogens with zero attached hydrogens (tertiary/aromatic N) is 5. The number of anilines is 1. The lowest BCUT2D eigenvalue weighted by Gasteiger charge is -2.44. The van der Waals surface area contributed by atoms with Crippen LogP contribution in [0.1, 0.15) is 35.7 Å². The second kappa shape index (κ2) is 8.50. The van der Waals surface area contributed by atoms with Gasteiger partial charge in [0.25, 0.3) is 0 Å². The molecule has 0 bridgehead atoms. The van der Waals surface area contributed by atoms with Crippen molar-refractivity contribution >= 4 is 18.2 Å². The first-order chi connectivity index (χ1) is 12.7. The summed E-state index contributed by atoms with van der Waals surface area (Å²) >= 11 is 0. The molecule has 4 rings (SSSR count). The molecule has 0 saturated carbocycles. The summed E-state index contributed by atoms with van der Waals surface area (Å²) in [4.78, 5) is 13.6. The molecular weight excluding hydrogens is 360 g/mol. The molecule has 0 radical (unpaired) electrons. The minimum Gasteiger partial charge on any atom is -0.352 e. The van der Waals surface area contributed by atoms with Gasteiger partial charge in [-0.3, -0.25) is 15.0 Å². The van der Waals surface area contributed by atoms with E-state index in [2.05, 4.69) is 68.1 Å². The summed E-state index contributed by atoms with van der Waals surface area (Å²) in [5, 5.41) is 7.07. The van der Waals surface area contributed by atoms with E-state index >= 15 is 0 Å². The Labute approximate surface area is 166 Å². The summed E-state index contributed by atoms with van der Waals surface area (Å²) in [7, 11) is 0. The van der Waals surface area contributed by atoms with Gasteiger partial charge in [-0.25, -0.2) is 4.98 Å². The van der Waals surface area contributed by atoms with Crippen molar-refractivity contribution in [1.29, 1.82) is 0 Å². The molecular formula is C20H25ClN6. The molecule has 142 valence electrons. The van der Waals surface area contributed by atoms with Gasteiger partial charge in [0.2, 0.25) is 0 Å². The van der Waals surface area contributed by atoms with Crippen LogP contribution in [0.5, 0.6) is 0 Å². The molecule has 2 unspecified atom stereocenters. The molecule has 1 N–H and O–H groups in total. The molecule has 3 aromatic rings. The molecule has 27 heavy (non-hydrogen) atoms. The number of hydrogen-bond donors (Lipinski definition) is 1. The van der Waals surface area contributed by atoms with Crippen molar-refractivity contribution in [3.05, 3.63) is 71.9 Å². The number of halogens is 1. The zero-order valence-electron chi connectivity index (χ0n) is 15.6. The lowest BCUT2D eigenvalue weighted by Crippen LogP contribution is -2.49. The zero-order chi connectivity index (χ0) is 17.9. The van der Waals surface area contributed by atoms with Gasteiger partial charge in [0.1, 0.15) is 5.82 Å². The fourth-order valence-electron chi connectivity index (χ4n) is 3.78. The molecule has 0 amide bonds. The molecule has 7 heteroatoms. The number of H-pyrrole nitrogens is 1. The highest BCUT2D eigenvalue weighted by Gasteiger charge is 2.32. The Hall–Kier alpha value is -2.44. The first-order valence-corrected chi connectivity index (χ1v) is 9.04. The van der Waals surface area contributed by atoms with Crippen LogP contribution in [-0.2, 0) is 0 Å². The van der Waals surface area contributed by atoms with Crippen molar-refractivity contribution in [1.82, 2.24) is 25.1 Å². The summed E-state index contributed by atoms with van der Waals surface area (Å²) in [6.45, 7) is 7.19. The van der Waals surface area contributed by atoms with Gasteiger partial charge >= 0.3 is 0 Å². The van der Waals surface area contributed by atoms with E-state index < -0.39 is 0 Å². The smallest absolute Gasteiger partial charge is 0.147 e. The zero-order valence-corrected chi connectivity index (χ0v) is 16.4. The molecule has 6 nitrogen and oxygen atoms in total. The molecule has 1 aliphatic rings. The van der Waals surface area contributed by atoms with Crippen LogP contribution >= 0.6 is 12.4 Å². The Morgan fingerprint density at radius 2 is 2.07 bits per heavy atom. The average Bonchev–Trinajstić information content (AvgIpc) is 3.22. The Kier molecular flexibility index (Phi) is 6.08. The minimum absolute atomic E-state index is 0. The first-order valence-electron chi connectivity index (χ1n) is 9.04. The van der Waals surface area contributed by atoms with E-state index in [4.69, 9.17) is 0 Å². The Bertz CT molecular complexity index is 839. The lowest BCUT2D eigenvalue weighted by atomic mass is 9.97. The van der Waals surface area contributed by atoms with Crippen molar-refractivity contribution in [2.45, 2.75) is 25.9 Å². The molecule has 3 heterocycles. The average molecular weight is 385 g/mol. The quantitative estimate of drug-likeness (QED) is 0.745. The second-order valence-electron chi connectivity index (χ2n) is 6.88. The number of aryl methyl sites for hydroxylation is 1. The topological polar surface area (TPSA) is 60.9 Å². The van der Waals surface area contributed by atoms with Gasteiger partial charge in [-0.15, -0.1) is 12.4 Å². The second-order valence-corrected chi connectivity index (χ2v) is 6.88. The van der Waals surface area contributed by atoms with Crippen LogP contribution in [0, 0.1) is 6.92 Å². The van der Waals surface area contributed by atoms with Crippen molar-refractivity contribution in [3.63, 3.8) is 0 Å². The van der Waals surface area contributed by atoms with Crippen LogP contribution in [-0.4, -0.2) is 44.7 Å². The van der Waals surface area contributed by atoms with Crippen LogP contribution < -0.4 is 4.90 Å². The van der Waals surface area contributed by atoms with Crippen LogP contribution in [0.25, 0.3) is 0 Å². The van der Waals surface area contributed by atoms with Gasteiger partial charge in [-0.1, -0.05) is 29.8 Å². The van der Waals surface area contributed by atoms with Crippen LogP contribution in [0.2, 0.25) is 0 Å². The van der Waals surface area contributed by atoms with Gasteiger partial charge in [-0.05, 0) is 19.4 Å². The third-order valence-corrected chi connectivity index (χ3v) is 5.22. The standard InChI is InChI=1S/C20H24N6.ClH/c1-15-4-3-5-17(10-15)19-14-25(20-13-21-6-7-22-20)8-9-26(19)16(2)18-11-23-24-12-18;/h3-7,10-13,16,19H,8-9,14H2,1-2H3,(H,23,24);1H. The number of rotatable bonds is 4. The minimum atomic E-state index is 0. The third kappa shape index (κ3) is 4.12. The number of hydrogen-bond acceptors (Lipinski definition) is 5. The Balaban J connectivity index is 0.00000210. The molecule has 1 fully saturated rings. The van der Waals surface area contributed by atoms with E-state index in [0.717, 1.165) is 25.5 Å². The Morgan fingerprint density at radius 1 is 1.19 bits per heavy atom. The lowest BCUT2D eigenvalue weighted by molar-refractivity contribution is 0.127. The van der Waals surface area contributed by atoms with Crippen molar-refractivity contribution in [2.24, 2.45) is 0 Å². The number of aromatic amines is 1. The third-order valence-electron chi connectivity index (χ3n) is 5.22. The highest BCUT2D eigenvalue weighted by atomic mass is 35.5. The van der Waals surface area contributed by atoms with E-state index in [0.29, 0.717) is 6.04 Å². The Morgan fingerprint density at radius 3 is 2.78 bits per heavy atom. The molecule has 2 atom stereocenters. The highest BCUT2D eigenvalue weighted by molar-refractivity contribution is 5.85. The molecule has 1 aliphatic heterocycles. The largest absolute Gasteiger partial charge is 0.352 e. The summed E-state index contributed by atoms with van der Waals surface area (Å²) in [5.41, 5.74) is 3.85. The molecule has 1 saturated heterocycles. The van der Waals surface area contributed by atoms with Crippen molar-refractivity contribution < 1.29 is 0 Å². The van der Waals surface area contributed by atoms with Crippen molar-refractivity contribution in [2.75, 3.05) is 24.5 Å². The summed E-state index contributed by atoms with van der Waals surface area (Å²) < 4.78 is 0. The van der Waals surface area contributed by atoms with E-state index in [1.807, 2.05) is 18.6 Å². The van der Waals surface area contributed by atoms with E-state index in [1.54, 1.807) is 12.4 Å². The van der Waals surface area contributed by atoms with Gasteiger partial charge < -0.3 is 4.90 Å². The van der Waals surface area contributed by atoms with Crippen LogP contribution in [0.15, 0.2) is 55.2 Å². The van der Waals surface area contributed by atoms with Gasteiger partial charge in [-0.2, -0.15) is 5.10 Å². The maximum atomic E-state index is 4.50. The molecule has 0 spiro atoms. The normalized spacial score (nSPS) is 18.7. The summed E-state index contributed by atoms with van der Waals surface area (Å²) in [6.07, 6.45) is 9.25. The fraction of sp³-hybridized carbons (Fsp3) is 0.350. The molecule has 1 aromatic carbocycles. The SMILES string of the molecule is Cc1cccc(C2CN(c3cnccn3)CCN2C(C)c2cn[nH]c2)c1.Cl. The molecule has 0 aliphatic carbocycles. The van der Waals surface area contributed by atoms with Gasteiger partial charge in [0.15, 0.2) is 0 Å². The monoisotopic (exact) mass is 384 g/mol. The predicted molar refractivity (Wildman–Crippen MR) is 109 cm³/mol. The van der Waals surface area contributed by atoms with Crippen LogP contribution in [0.3, 0.4) is 0 Å². The summed E-state index contributed by atoms with van der Waals surface area (Å²) in [6, 6.07) is 9.40. The predicted octanol–water partition coefficient (Wildman–Crippen LogP) is 3.55. The number of aromatic nitrogens is 4. The van der Waals surface area contributed by atoms with E-state index in [1.165, 1.54) is 16.7 Å².